The molecule has 1 atom stereocenters. The number of methoxy groups -OCH3 is 1. The standard InChI is InChI=1S/C22H19F2NO3/c1-28-22(27)20(13-16-7-4-6-15-5-2-3-8-17(15)16)25-21(26)12-14-9-10-18(23)19(24)11-14/h2-11,20H,12-13H2,1H3,(H,25,26)/t20-/m1/s1. The quantitative estimate of drug-likeness (QED) is 0.662. The van der Waals surface area contributed by atoms with Crippen LogP contribution in [0.3, 0.4) is 0 Å². The van der Waals surface area contributed by atoms with Gasteiger partial charge in [-0.05, 0) is 34.0 Å². The molecule has 1 amide bonds. The monoisotopic (exact) mass is 383 g/mol. The van der Waals surface area contributed by atoms with Gasteiger partial charge in [-0.1, -0.05) is 48.5 Å². The van der Waals surface area contributed by atoms with E-state index in [1.807, 2.05) is 42.5 Å². The van der Waals surface area contributed by atoms with Gasteiger partial charge in [0.2, 0.25) is 5.91 Å². The zero-order valence-corrected chi connectivity index (χ0v) is 15.2. The summed E-state index contributed by atoms with van der Waals surface area (Å²) in [6.07, 6.45) is 0.0672. The maximum absolute atomic E-state index is 13.3. The Labute approximate surface area is 161 Å². The van der Waals surface area contributed by atoms with E-state index in [1.54, 1.807) is 0 Å². The first-order valence-electron chi connectivity index (χ1n) is 8.75. The highest BCUT2D eigenvalue weighted by Crippen LogP contribution is 2.20. The van der Waals surface area contributed by atoms with Gasteiger partial charge < -0.3 is 10.1 Å². The molecule has 0 aliphatic carbocycles. The number of rotatable bonds is 6. The largest absolute Gasteiger partial charge is 0.467 e. The van der Waals surface area contributed by atoms with Crippen LogP contribution < -0.4 is 5.32 Å². The lowest BCUT2D eigenvalue weighted by Gasteiger charge is -2.18. The normalized spacial score (nSPS) is 11.8. The van der Waals surface area contributed by atoms with Crippen molar-refractivity contribution in [3.05, 3.63) is 83.4 Å². The number of hydrogen-bond acceptors (Lipinski definition) is 3. The summed E-state index contributed by atoms with van der Waals surface area (Å²) in [5.41, 5.74) is 1.20. The van der Waals surface area contributed by atoms with Crippen molar-refractivity contribution in [1.82, 2.24) is 5.32 Å². The van der Waals surface area contributed by atoms with Crippen molar-refractivity contribution in [2.45, 2.75) is 18.9 Å². The minimum atomic E-state index is -1.02. The number of carbonyl (C=O) groups excluding carboxylic acids is 2. The van der Waals surface area contributed by atoms with Crippen LogP contribution in [0.1, 0.15) is 11.1 Å². The zero-order chi connectivity index (χ0) is 20.1. The topological polar surface area (TPSA) is 55.4 Å². The molecule has 28 heavy (non-hydrogen) atoms. The number of esters is 1. The summed E-state index contributed by atoms with van der Waals surface area (Å²) in [7, 11) is 1.25. The van der Waals surface area contributed by atoms with Crippen LogP contribution in [0, 0.1) is 11.6 Å². The van der Waals surface area contributed by atoms with Gasteiger partial charge >= 0.3 is 5.97 Å². The highest BCUT2D eigenvalue weighted by Gasteiger charge is 2.23. The lowest BCUT2D eigenvalue weighted by molar-refractivity contribution is -0.145. The van der Waals surface area contributed by atoms with E-state index < -0.39 is 29.6 Å². The molecule has 0 fully saturated rings. The lowest BCUT2D eigenvalue weighted by atomic mass is 9.98. The van der Waals surface area contributed by atoms with Gasteiger partial charge in [0.15, 0.2) is 11.6 Å². The second-order valence-electron chi connectivity index (χ2n) is 6.41. The van der Waals surface area contributed by atoms with Gasteiger partial charge in [0, 0.05) is 6.42 Å². The van der Waals surface area contributed by atoms with Crippen LogP contribution in [-0.2, 0) is 27.2 Å². The van der Waals surface area contributed by atoms with Crippen LogP contribution in [0.5, 0.6) is 0 Å². The molecule has 3 rings (SSSR count). The number of benzene rings is 3. The molecule has 0 aliphatic rings. The fourth-order valence-corrected chi connectivity index (χ4v) is 3.11. The highest BCUT2D eigenvalue weighted by atomic mass is 19.2. The number of nitrogens with one attached hydrogen (secondary N) is 1. The average Bonchev–Trinajstić information content (AvgIpc) is 2.70. The Hall–Kier alpha value is -3.28. The molecule has 0 aromatic heterocycles. The zero-order valence-electron chi connectivity index (χ0n) is 15.2. The lowest BCUT2D eigenvalue weighted by Crippen LogP contribution is -2.43. The summed E-state index contributed by atoms with van der Waals surface area (Å²) < 4.78 is 31.2. The van der Waals surface area contributed by atoms with Crippen molar-refractivity contribution in [3.8, 4) is 0 Å². The van der Waals surface area contributed by atoms with E-state index in [2.05, 4.69) is 5.32 Å². The van der Waals surface area contributed by atoms with E-state index in [1.165, 1.54) is 13.2 Å². The molecule has 0 radical (unpaired) electrons. The minimum absolute atomic E-state index is 0.180. The Morgan fingerprint density at radius 3 is 2.50 bits per heavy atom. The summed E-state index contributed by atoms with van der Waals surface area (Å²) in [5, 5.41) is 4.64. The van der Waals surface area contributed by atoms with Gasteiger partial charge in [-0.25, -0.2) is 13.6 Å². The van der Waals surface area contributed by atoms with E-state index >= 15 is 0 Å². The molecule has 0 saturated carbocycles. The number of halogens is 2. The third-order valence-electron chi connectivity index (χ3n) is 4.47. The molecule has 4 nitrogen and oxygen atoms in total. The molecule has 0 aliphatic heterocycles. The van der Waals surface area contributed by atoms with Crippen molar-refractivity contribution in [3.63, 3.8) is 0 Å². The molecule has 3 aromatic rings. The maximum atomic E-state index is 13.3. The second kappa shape index (κ2) is 8.61. The predicted molar refractivity (Wildman–Crippen MR) is 102 cm³/mol. The first-order valence-corrected chi connectivity index (χ1v) is 8.75. The summed E-state index contributed by atoms with van der Waals surface area (Å²) in [5.74, 6) is -3.06. The molecule has 144 valence electrons. The van der Waals surface area contributed by atoms with Crippen molar-refractivity contribution < 1.29 is 23.1 Å². The van der Waals surface area contributed by atoms with Gasteiger partial charge in [-0.15, -0.1) is 0 Å². The van der Waals surface area contributed by atoms with Crippen LogP contribution in [0.2, 0.25) is 0 Å². The van der Waals surface area contributed by atoms with E-state index in [-0.39, 0.29) is 12.8 Å². The van der Waals surface area contributed by atoms with E-state index in [9.17, 15) is 18.4 Å². The van der Waals surface area contributed by atoms with Gasteiger partial charge in [-0.2, -0.15) is 0 Å². The van der Waals surface area contributed by atoms with Gasteiger partial charge in [-0.3, -0.25) is 4.79 Å². The van der Waals surface area contributed by atoms with Crippen LogP contribution in [-0.4, -0.2) is 25.0 Å². The third kappa shape index (κ3) is 4.52. The predicted octanol–water partition coefficient (Wildman–Crippen LogP) is 3.56. The molecule has 0 heterocycles. The molecule has 0 bridgehead atoms. The number of carbonyl (C=O) groups is 2. The molecule has 1 N–H and O–H groups in total. The molecular weight excluding hydrogens is 364 g/mol. The Morgan fingerprint density at radius 1 is 1.00 bits per heavy atom. The molecule has 0 spiro atoms. The summed E-state index contributed by atoms with van der Waals surface area (Å²) in [4.78, 5) is 24.6. The number of amides is 1. The van der Waals surface area contributed by atoms with Crippen molar-refractivity contribution in [2.75, 3.05) is 7.11 Å². The fraction of sp³-hybridized carbons (Fsp3) is 0.182. The van der Waals surface area contributed by atoms with Crippen LogP contribution in [0.4, 0.5) is 8.78 Å². The van der Waals surface area contributed by atoms with Crippen molar-refractivity contribution in [1.29, 1.82) is 0 Å². The first kappa shape index (κ1) is 19.5. The SMILES string of the molecule is COC(=O)[C@@H](Cc1cccc2ccccc12)NC(=O)Cc1ccc(F)c(F)c1. The fourth-order valence-electron chi connectivity index (χ4n) is 3.11. The van der Waals surface area contributed by atoms with Crippen LogP contribution >= 0.6 is 0 Å². The van der Waals surface area contributed by atoms with Crippen molar-refractivity contribution >= 4 is 22.6 Å². The van der Waals surface area contributed by atoms with E-state index in [0.717, 1.165) is 28.5 Å². The van der Waals surface area contributed by atoms with Gasteiger partial charge in [0.25, 0.3) is 0 Å². The summed E-state index contributed by atoms with van der Waals surface area (Å²) >= 11 is 0. The maximum Gasteiger partial charge on any atom is 0.328 e. The Kier molecular flexibility index (Phi) is 5.99. The van der Waals surface area contributed by atoms with Crippen LogP contribution in [0.25, 0.3) is 10.8 Å². The van der Waals surface area contributed by atoms with E-state index in [4.69, 9.17) is 4.74 Å². The summed E-state index contributed by atoms with van der Waals surface area (Å²) in [6, 6.07) is 15.8. The molecular formula is C22H19F2NO3. The highest BCUT2D eigenvalue weighted by molar-refractivity contribution is 5.88. The number of ether oxygens (including phenoxy) is 1. The smallest absolute Gasteiger partial charge is 0.328 e. The number of hydrogen-bond donors (Lipinski definition) is 1. The van der Waals surface area contributed by atoms with Crippen LogP contribution in [0.15, 0.2) is 60.7 Å². The second-order valence-corrected chi connectivity index (χ2v) is 6.41. The Balaban J connectivity index is 1.77. The first-order chi connectivity index (χ1) is 13.5. The third-order valence-corrected chi connectivity index (χ3v) is 4.47. The minimum Gasteiger partial charge on any atom is -0.467 e. The average molecular weight is 383 g/mol. The van der Waals surface area contributed by atoms with Gasteiger partial charge in [0.05, 0.1) is 13.5 Å². The van der Waals surface area contributed by atoms with Crippen molar-refractivity contribution in [2.24, 2.45) is 0 Å². The molecule has 0 unspecified atom stereocenters. The molecule has 6 heteroatoms. The summed E-state index contributed by atoms with van der Waals surface area (Å²) in [6.45, 7) is 0. The van der Waals surface area contributed by atoms with Gasteiger partial charge in [0.1, 0.15) is 6.04 Å². The molecule has 0 saturated heterocycles. The Morgan fingerprint density at radius 2 is 1.75 bits per heavy atom. The Bertz CT molecular complexity index is 1010. The number of fused-ring (bicyclic) bond motifs is 1. The van der Waals surface area contributed by atoms with E-state index in [0.29, 0.717) is 5.56 Å². The molecule has 3 aromatic carbocycles.